The van der Waals surface area contributed by atoms with E-state index in [0.717, 1.165) is 5.52 Å². The van der Waals surface area contributed by atoms with Crippen molar-refractivity contribution in [1.29, 1.82) is 0 Å². The molecule has 0 aliphatic heterocycles. The molecular formula is C9H8BN2OY. The van der Waals surface area contributed by atoms with E-state index in [4.69, 9.17) is 0 Å². The molecule has 0 saturated carbocycles. The molecule has 14 heavy (non-hydrogen) atoms. The van der Waals surface area contributed by atoms with E-state index in [9.17, 15) is 4.79 Å². The largest absolute Gasteiger partial charge is 0.294 e. The molecule has 0 aliphatic carbocycles. The molecule has 0 saturated heterocycles. The van der Waals surface area contributed by atoms with E-state index in [1.165, 1.54) is 0 Å². The molecule has 0 spiro atoms. The van der Waals surface area contributed by atoms with Crippen LogP contribution >= 0.6 is 0 Å². The molecule has 5 heteroatoms. The molecule has 4 radical (unpaired) electrons. The first-order valence-corrected chi connectivity index (χ1v) is 3.72. The molecule has 2 rings (SSSR count). The SMILES string of the molecule is CC(=O)c1cnn2ccccc12.[B].[Y]. The van der Waals surface area contributed by atoms with Crippen LogP contribution in [0.2, 0.25) is 0 Å². The Kier molecular flexibility index (Phi) is 5.24. The molecule has 66 valence electrons. The molecule has 2 aromatic rings. The number of carbonyl (C=O) groups excluding carboxylic acids is 1. The van der Waals surface area contributed by atoms with Crippen LogP contribution in [0.4, 0.5) is 0 Å². The zero-order valence-electron chi connectivity index (χ0n) is 7.84. The summed E-state index contributed by atoms with van der Waals surface area (Å²) in [6.45, 7) is 1.55. The van der Waals surface area contributed by atoms with Crippen LogP contribution in [0.15, 0.2) is 30.6 Å². The van der Waals surface area contributed by atoms with Crippen LogP contribution in [0, 0.1) is 0 Å². The molecule has 0 aromatic carbocycles. The Morgan fingerprint density at radius 1 is 1.43 bits per heavy atom. The van der Waals surface area contributed by atoms with Gasteiger partial charge in [-0.3, -0.25) is 4.79 Å². The second-order valence-electron chi connectivity index (χ2n) is 2.64. The van der Waals surface area contributed by atoms with E-state index in [-0.39, 0.29) is 46.9 Å². The van der Waals surface area contributed by atoms with Gasteiger partial charge < -0.3 is 0 Å². The summed E-state index contributed by atoms with van der Waals surface area (Å²) in [6, 6.07) is 5.65. The number of nitrogens with zero attached hydrogens (tertiary/aromatic N) is 2. The van der Waals surface area contributed by atoms with Crippen LogP contribution in [-0.4, -0.2) is 23.8 Å². The zero-order chi connectivity index (χ0) is 8.55. The molecule has 2 heterocycles. The number of hydrogen-bond acceptors (Lipinski definition) is 2. The number of ketones is 1. The normalized spacial score (nSPS) is 8.93. The summed E-state index contributed by atoms with van der Waals surface area (Å²) >= 11 is 0. The molecule has 0 N–H and O–H groups in total. The number of fused-ring (bicyclic) bond motifs is 1. The maximum absolute atomic E-state index is 11.1. The van der Waals surface area contributed by atoms with Crippen LogP contribution in [-0.2, 0) is 32.7 Å². The van der Waals surface area contributed by atoms with Gasteiger partial charge in [-0.2, -0.15) is 5.10 Å². The van der Waals surface area contributed by atoms with Gasteiger partial charge in [0.25, 0.3) is 0 Å². The van der Waals surface area contributed by atoms with Crippen molar-refractivity contribution in [3.8, 4) is 0 Å². The van der Waals surface area contributed by atoms with Crippen molar-refractivity contribution in [2.45, 2.75) is 6.92 Å². The van der Waals surface area contributed by atoms with E-state index >= 15 is 0 Å². The van der Waals surface area contributed by atoms with Crippen LogP contribution in [0.5, 0.6) is 0 Å². The Labute approximate surface area is 109 Å². The van der Waals surface area contributed by atoms with Gasteiger partial charge in [-0.15, -0.1) is 0 Å². The Bertz CT molecular complexity index is 441. The van der Waals surface area contributed by atoms with Gasteiger partial charge in [-0.05, 0) is 19.1 Å². The van der Waals surface area contributed by atoms with E-state index in [2.05, 4.69) is 5.10 Å². The fourth-order valence-corrected chi connectivity index (χ4v) is 1.21. The fourth-order valence-electron chi connectivity index (χ4n) is 1.21. The van der Waals surface area contributed by atoms with Crippen LogP contribution < -0.4 is 0 Å². The number of aromatic nitrogens is 2. The van der Waals surface area contributed by atoms with Crippen molar-refractivity contribution in [2.24, 2.45) is 0 Å². The molecule has 0 bridgehead atoms. The first kappa shape index (κ1) is 13.5. The summed E-state index contributed by atoms with van der Waals surface area (Å²) in [5.41, 5.74) is 1.54. The van der Waals surface area contributed by atoms with Gasteiger partial charge in [0, 0.05) is 47.3 Å². The van der Waals surface area contributed by atoms with Crippen LogP contribution in [0.1, 0.15) is 17.3 Å². The number of rotatable bonds is 1. The second-order valence-corrected chi connectivity index (χ2v) is 2.64. The van der Waals surface area contributed by atoms with Gasteiger partial charge in [0.1, 0.15) is 0 Å². The molecule has 0 amide bonds. The van der Waals surface area contributed by atoms with Gasteiger partial charge in [0.2, 0.25) is 0 Å². The van der Waals surface area contributed by atoms with Crippen LogP contribution in [0.3, 0.4) is 0 Å². The van der Waals surface area contributed by atoms with Crippen molar-refractivity contribution in [3.05, 3.63) is 36.2 Å². The van der Waals surface area contributed by atoms with Crippen molar-refractivity contribution < 1.29 is 37.5 Å². The Morgan fingerprint density at radius 3 is 2.79 bits per heavy atom. The van der Waals surface area contributed by atoms with E-state index < -0.39 is 0 Å². The minimum absolute atomic E-state index is 0. The first-order chi connectivity index (χ1) is 5.79. The van der Waals surface area contributed by atoms with E-state index in [0.29, 0.717) is 5.56 Å². The molecular weight excluding hydrogens is 252 g/mol. The summed E-state index contributed by atoms with van der Waals surface area (Å²) in [5, 5.41) is 4.04. The zero-order valence-corrected chi connectivity index (χ0v) is 10.7. The number of Topliss-reactive ketones (excluding diaryl/α,β-unsaturated/α-hetero) is 1. The van der Waals surface area contributed by atoms with E-state index in [1.807, 2.05) is 24.4 Å². The Hall–Kier alpha value is -0.471. The average Bonchev–Trinajstić information content (AvgIpc) is 2.47. The molecule has 2 aromatic heterocycles. The molecule has 0 unspecified atom stereocenters. The molecule has 0 aliphatic rings. The predicted octanol–water partition coefficient (Wildman–Crippen LogP) is 1.15. The monoisotopic (exact) mass is 260 g/mol. The third kappa shape index (κ3) is 2.31. The van der Waals surface area contributed by atoms with E-state index in [1.54, 1.807) is 17.6 Å². The van der Waals surface area contributed by atoms with Gasteiger partial charge >= 0.3 is 0 Å². The summed E-state index contributed by atoms with van der Waals surface area (Å²) < 4.78 is 1.69. The Morgan fingerprint density at radius 2 is 2.14 bits per heavy atom. The predicted molar refractivity (Wildman–Crippen MR) is 51.0 cm³/mol. The number of carbonyl (C=O) groups is 1. The van der Waals surface area contributed by atoms with Crippen molar-refractivity contribution in [3.63, 3.8) is 0 Å². The third-order valence-corrected chi connectivity index (χ3v) is 1.81. The van der Waals surface area contributed by atoms with Crippen molar-refractivity contribution in [1.82, 2.24) is 9.61 Å². The standard InChI is InChI=1S/C9H8N2O.B.Y/c1-7(12)8-6-10-11-5-3-2-4-9(8)11;;/h2-6H,1H3;;. The minimum Gasteiger partial charge on any atom is -0.294 e. The molecule has 0 fully saturated rings. The molecule has 3 nitrogen and oxygen atoms in total. The molecule has 0 atom stereocenters. The maximum atomic E-state index is 11.1. The van der Waals surface area contributed by atoms with Gasteiger partial charge in [-0.1, -0.05) is 6.07 Å². The summed E-state index contributed by atoms with van der Waals surface area (Å²) in [6.07, 6.45) is 3.42. The summed E-state index contributed by atoms with van der Waals surface area (Å²) in [4.78, 5) is 11.1. The Balaban J connectivity index is 0.000000845. The second kappa shape index (κ2) is 5.42. The van der Waals surface area contributed by atoms with Gasteiger partial charge in [0.05, 0.1) is 17.3 Å². The topological polar surface area (TPSA) is 34.4 Å². The minimum atomic E-state index is 0. The fraction of sp³-hybridized carbons (Fsp3) is 0.111. The van der Waals surface area contributed by atoms with Crippen molar-refractivity contribution >= 4 is 19.7 Å². The average molecular weight is 260 g/mol. The third-order valence-electron chi connectivity index (χ3n) is 1.81. The number of pyridine rings is 1. The van der Waals surface area contributed by atoms with Gasteiger partial charge in [0.15, 0.2) is 5.78 Å². The van der Waals surface area contributed by atoms with Crippen LogP contribution in [0.25, 0.3) is 5.52 Å². The quantitative estimate of drug-likeness (QED) is 0.569. The first-order valence-electron chi connectivity index (χ1n) is 3.72. The van der Waals surface area contributed by atoms with Gasteiger partial charge in [-0.25, -0.2) is 4.52 Å². The summed E-state index contributed by atoms with van der Waals surface area (Å²) in [5.74, 6) is 0.0520. The summed E-state index contributed by atoms with van der Waals surface area (Å²) in [7, 11) is 0. The number of hydrogen-bond donors (Lipinski definition) is 0. The smallest absolute Gasteiger partial charge is 0.163 e. The van der Waals surface area contributed by atoms with Crippen molar-refractivity contribution in [2.75, 3.05) is 0 Å². The maximum Gasteiger partial charge on any atom is 0.163 e.